The van der Waals surface area contributed by atoms with Gasteiger partial charge in [-0.3, -0.25) is 0 Å². The molecule has 2 aromatic rings. The minimum atomic E-state index is -0.402. The van der Waals surface area contributed by atoms with E-state index < -0.39 is 5.82 Å². The van der Waals surface area contributed by atoms with Gasteiger partial charge in [0.1, 0.15) is 11.6 Å². The van der Waals surface area contributed by atoms with Gasteiger partial charge >= 0.3 is 0 Å². The van der Waals surface area contributed by atoms with Crippen LogP contribution in [0.3, 0.4) is 0 Å². The molecule has 1 saturated carbocycles. The minimum Gasteiger partial charge on any atom is -0.324 e. The zero-order valence-electron chi connectivity index (χ0n) is 9.09. The maximum absolute atomic E-state index is 13.5. The van der Waals surface area contributed by atoms with Crippen LogP contribution in [0.2, 0.25) is 5.02 Å². The van der Waals surface area contributed by atoms with Crippen molar-refractivity contribution >= 4 is 34.2 Å². The summed E-state index contributed by atoms with van der Waals surface area (Å²) in [6, 6.07) is 3.44. The number of halogens is 3. The van der Waals surface area contributed by atoms with Crippen LogP contribution in [0.1, 0.15) is 31.1 Å². The fraction of sp³-hybridized carbons (Fsp3) is 0.417. The second-order valence-electron chi connectivity index (χ2n) is 4.37. The third-order valence-electron chi connectivity index (χ3n) is 3.36. The van der Waals surface area contributed by atoms with E-state index in [2.05, 4.69) is 9.55 Å². The molecular weight excluding hydrogens is 262 g/mol. The third-order valence-corrected chi connectivity index (χ3v) is 3.89. The third kappa shape index (κ3) is 1.72. The molecule has 1 aliphatic carbocycles. The monoisotopic (exact) mass is 272 g/mol. The van der Waals surface area contributed by atoms with Gasteiger partial charge < -0.3 is 4.57 Å². The van der Waals surface area contributed by atoms with Crippen molar-refractivity contribution in [2.24, 2.45) is 0 Å². The van der Waals surface area contributed by atoms with Crippen LogP contribution in [0.25, 0.3) is 11.0 Å². The lowest BCUT2D eigenvalue weighted by atomic mass is 9.92. The number of fused-ring (bicyclic) bond motifs is 1. The first kappa shape index (κ1) is 11.3. The zero-order chi connectivity index (χ0) is 12.0. The van der Waals surface area contributed by atoms with Crippen molar-refractivity contribution in [3.8, 4) is 0 Å². The fourth-order valence-corrected chi connectivity index (χ4v) is 2.63. The molecule has 0 unspecified atom stereocenters. The molecule has 2 nitrogen and oxygen atoms in total. The van der Waals surface area contributed by atoms with E-state index in [9.17, 15) is 4.39 Å². The van der Waals surface area contributed by atoms with Gasteiger partial charge in [-0.25, -0.2) is 9.37 Å². The first-order valence-electron chi connectivity index (χ1n) is 5.62. The Morgan fingerprint density at radius 2 is 2.18 bits per heavy atom. The van der Waals surface area contributed by atoms with Crippen LogP contribution in [0, 0.1) is 5.82 Å². The van der Waals surface area contributed by atoms with E-state index in [1.807, 2.05) is 0 Å². The molecule has 1 heterocycles. The van der Waals surface area contributed by atoms with Gasteiger partial charge in [0.2, 0.25) is 0 Å². The van der Waals surface area contributed by atoms with Gasteiger partial charge in [0.05, 0.1) is 21.9 Å². The Hall–Kier alpha value is -0.800. The smallest absolute Gasteiger partial charge is 0.144 e. The summed E-state index contributed by atoms with van der Waals surface area (Å²) in [5.74, 6) is 0.735. The summed E-state index contributed by atoms with van der Waals surface area (Å²) in [6.45, 7) is 0. The Kier molecular flexibility index (Phi) is 2.75. The maximum atomic E-state index is 13.5. The van der Waals surface area contributed by atoms with Crippen molar-refractivity contribution in [1.29, 1.82) is 0 Å². The second-order valence-corrected chi connectivity index (χ2v) is 5.05. The highest BCUT2D eigenvalue weighted by atomic mass is 35.5. The van der Waals surface area contributed by atoms with Crippen molar-refractivity contribution in [3.05, 3.63) is 28.8 Å². The van der Waals surface area contributed by atoms with Crippen molar-refractivity contribution in [1.82, 2.24) is 9.55 Å². The molecule has 1 aliphatic rings. The summed E-state index contributed by atoms with van der Waals surface area (Å²) < 4.78 is 15.6. The lowest BCUT2D eigenvalue weighted by Gasteiger charge is -2.28. The molecule has 0 saturated heterocycles. The van der Waals surface area contributed by atoms with Gasteiger partial charge in [0.15, 0.2) is 0 Å². The van der Waals surface area contributed by atoms with E-state index in [0.29, 0.717) is 11.9 Å². The Morgan fingerprint density at radius 1 is 1.41 bits per heavy atom. The van der Waals surface area contributed by atoms with Gasteiger partial charge in [-0.15, -0.1) is 11.6 Å². The topological polar surface area (TPSA) is 17.8 Å². The number of benzene rings is 1. The van der Waals surface area contributed by atoms with Gasteiger partial charge in [-0.2, -0.15) is 0 Å². The number of alkyl halides is 1. The minimum absolute atomic E-state index is 0.108. The van der Waals surface area contributed by atoms with Crippen LogP contribution in [-0.4, -0.2) is 9.55 Å². The summed E-state index contributed by atoms with van der Waals surface area (Å²) in [4.78, 5) is 4.42. The molecule has 0 spiro atoms. The average Bonchev–Trinajstić information content (AvgIpc) is 2.56. The highest BCUT2D eigenvalue weighted by molar-refractivity contribution is 6.31. The number of hydrogen-bond acceptors (Lipinski definition) is 1. The van der Waals surface area contributed by atoms with E-state index in [0.717, 1.165) is 29.7 Å². The van der Waals surface area contributed by atoms with Crippen LogP contribution in [0.4, 0.5) is 4.39 Å². The lowest BCUT2D eigenvalue weighted by Crippen LogP contribution is -2.18. The van der Waals surface area contributed by atoms with Gasteiger partial charge in [-0.1, -0.05) is 11.6 Å². The molecule has 1 fully saturated rings. The normalized spacial score (nSPS) is 16.4. The van der Waals surface area contributed by atoms with Crippen molar-refractivity contribution in [3.63, 3.8) is 0 Å². The van der Waals surface area contributed by atoms with Gasteiger partial charge in [0, 0.05) is 12.1 Å². The molecule has 0 atom stereocenters. The van der Waals surface area contributed by atoms with E-state index in [4.69, 9.17) is 23.2 Å². The van der Waals surface area contributed by atoms with Crippen LogP contribution >= 0.6 is 23.2 Å². The zero-order valence-corrected chi connectivity index (χ0v) is 10.6. The van der Waals surface area contributed by atoms with Crippen molar-refractivity contribution in [2.45, 2.75) is 31.2 Å². The van der Waals surface area contributed by atoms with Crippen molar-refractivity contribution in [2.75, 3.05) is 0 Å². The molecular formula is C12H11Cl2FN2. The molecule has 0 N–H and O–H groups in total. The SMILES string of the molecule is Fc1cc2c(cc1Cl)nc(CCl)n2C1CCC1. The van der Waals surface area contributed by atoms with Gasteiger partial charge in [-0.05, 0) is 25.3 Å². The number of rotatable bonds is 2. The molecule has 17 heavy (non-hydrogen) atoms. The standard InChI is InChI=1S/C12H11Cl2FN2/c13-6-12-16-10-4-8(14)9(15)5-11(10)17(12)7-2-1-3-7/h4-5,7H,1-3,6H2. The lowest BCUT2D eigenvalue weighted by molar-refractivity contribution is 0.315. The van der Waals surface area contributed by atoms with Crippen LogP contribution in [-0.2, 0) is 5.88 Å². The van der Waals surface area contributed by atoms with E-state index in [1.54, 1.807) is 6.07 Å². The van der Waals surface area contributed by atoms with Crippen LogP contribution in [0.5, 0.6) is 0 Å². The predicted octanol–water partition coefficient (Wildman–Crippen LogP) is 4.29. The molecule has 1 aromatic carbocycles. The van der Waals surface area contributed by atoms with Gasteiger partial charge in [0.25, 0.3) is 0 Å². The molecule has 5 heteroatoms. The average molecular weight is 273 g/mol. The molecule has 1 aromatic heterocycles. The summed E-state index contributed by atoms with van der Waals surface area (Å²) in [6.07, 6.45) is 3.43. The summed E-state index contributed by atoms with van der Waals surface area (Å²) in [7, 11) is 0. The van der Waals surface area contributed by atoms with E-state index in [-0.39, 0.29) is 5.02 Å². The Morgan fingerprint density at radius 3 is 2.76 bits per heavy atom. The Labute approximate surface area is 108 Å². The van der Waals surface area contributed by atoms with Crippen LogP contribution < -0.4 is 0 Å². The Balaban J connectivity index is 2.25. The molecule has 3 rings (SSSR count). The predicted molar refractivity (Wildman–Crippen MR) is 67.1 cm³/mol. The molecule has 0 radical (unpaired) electrons. The summed E-state index contributed by atoms with van der Waals surface area (Å²) >= 11 is 11.7. The second kappa shape index (κ2) is 4.14. The largest absolute Gasteiger partial charge is 0.324 e. The number of aromatic nitrogens is 2. The van der Waals surface area contributed by atoms with E-state index in [1.165, 1.54) is 12.5 Å². The summed E-state index contributed by atoms with van der Waals surface area (Å²) in [5.41, 5.74) is 1.52. The first-order chi connectivity index (χ1) is 8.20. The number of nitrogens with zero attached hydrogens (tertiary/aromatic N) is 2. The van der Waals surface area contributed by atoms with Crippen molar-refractivity contribution < 1.29 is 4.39 Å². The maximum Gasteiger partial charge on any atom is 0.144 e. The molecule has 90 valence electrons. The molecule has 0 aliphatic heterocycles. The van der Waals surface area contributed by atoms with Crippen LogP contribution in [0.15, 0.2) is 12.1 Å². The number of hydrogen-bond donors (Lipinski definition) is 0. The first-order valence-corrected chi connectivity index (χ1v) is 6.54. The fourth-order valence-electron chi connectivity index (χ4n) is 2.29. The number of imidazole rings is 1. The highest BCUT2D eigenvalue weighted by Crippen LogP contribution is 2.36. The Bertz CT molecular complexity index is 575. The molecule has 0 amide bonds. The summed E-state index contributed by atoms with van der Waals surface area (Å²) in [5, 5.41) is 0.108. The molecule has 0 bridgehead atoms. The van der Waals surface area contributed by atoms with E-state index >= 15 is 0 Å². The highest BCUT2D eigenvalue weighted by Gasteiger charge is 2.24. The quantitative estimate of drug-likeness (QED) is 0.746.